The summed E-state index contributed by atoms with van der Waals surface area (Å²) in [6.45, 7) is 3.80. The van der Waals surface area contributed by atoms with Crippen molar-refractivity contribution in [2.24, 2.45) is 0 Å². The molecule has 1 aromatic rings. The fourth-order valence-corrected chi connectivity index (χ4v) is 2.63. The van der Waals surface area contributed by atoms with Crippen LogP contribution in [0.1, 0.15) is 19.2 Å². The molecule has 4 nitrogen and oxygen atoms in total. The average molecular weight is 258 g/mol. The van der Waals surface area contributed by atoms with Gasteiger partial charge in [0.2, 0.25) is 0 Å². The van der Waals surface area contributed by atoms with Gasteiger partial charge in [0.1, 0.15) is 5.82 Å². The van der Waals surface area contributed by atoms with Gasteiger partial charge in [-0.2, -0.15) is 4.37 Å². The number of hydrogen-bond donors (Lipinski definition) is 0. The Morgan fingerprint density at radius 1 is 1.62 bits per heavy atom. The summed E-state index contributed by atoms with van der Waals surface area (Å²) in [6.07, 6.45) is 2.57. The molecule has 6 heteroatoms. The Balaban J connectivity index is 2.49. The van der Waals surface area contributed by atoms with Crippen LogP contribution >= 0.6 is 23.3 Å². The van der Waals surface area contributed by atoms with Crippen molar-refractivity contribution in [3.8, 4) is 0 Å². The largest absolute Gasteiger partial charge is 0.466 e. The van der Waals surface area contributed by atoms with Gasteiger partial charge in [-0.05, 0) is 24.9 Å². The molecule has 0 aliphatic carbocycles. The molecule has 0 atom stereocenters. The summed E-state index contributed by atoms with van der Waals surface area (Å²) in [7, 11) is 1.40. The highest BCUT2D eigenvalue weighted by Crippen LogP contribution is 2.20. The van der Waals surface area contributed by atoms with Gasteiger partial charge in [-0.3, -0.25) is 0 Å². The van der Waals surface area contributed by atoms with E-state index >= 15 is 0 Å². The van der Waals surface area contributed by atoms with Crippen LogP contribution in [0.5, 0.6) is 0 Å². The van der Waals surface area contributed by atoms with Crippen LogP contribution in [0.2, 0.25) is 0 Å². The van der Waals surface area contributed by atoms with Gasteiger partial charge >= 0.3 is 5.97 Å². The molecule has 0 fully saturated rings. The van der Waals surface area contributed by atoms with Crippen LogP contribution < -0.4 is 0 Å². The van der Waals surface area contributed by atoms with Crippen LogP contribution in [0.4, 0.5) is 0 Å². The molecule has 0 aliphatic rings. The maximum Gasteiger partial charge on any atom is 0.333 e. The predicted molar refractivity (Wildman–Crippen MR) is 65.8 cm³/mol. The normalized spacial score (nSPS) is 11.6. The van der Waals surface area contributed by atoms with E-state index in [0.29, 0.717) is 17.7 Å². The van der Waals surface area contributed by atoms with Gasteiger partial charge in [-0.1, -0.05) is 24.8 Å². The van der Waals surface area contributed by atoms with Crippen LogP contribution in [0, 0.1) is 6.92 Å². The number of esters is 1. The lowest BCUT2D eigenvalue weighted by Crippen LogP contribution is -2.04. The molecule has 0 spiro atoms. The molecule has 1 heterocycles. The monoisotopic (exact) mass is 258 g/mol. The minimum Gasteiger partial charge on any atom is -0.466 e. The molecule has 0 radical (unpaired) electrons. The van der Waals surface area contributed by atoms with Gasteiger partial charge < -0.3 is 4.74 Å². The van der Waals surface area contributed by atoms with Crippen LogP contribution in [0.15, 0.2) is 16.0 Å². The first-order valence-electron chi connectivity index (χ1n) is 4.87. The first-order valence-corrected chi connectivity index (χ1v) is 6.63. The number of carbonyl (C=O) groups is 1. The quantitative estimate of drug-likeness (QED) is 0.461. The number of aromatic nitrogens is 2. The third kappa shape index (κ3) is 3.94. The summed E-state index contributed by atoms with van der Waals surface area (Å²) in [4.78, 5) is 15.5. The van der Waals surface area contributed by atoms with Crippen molar-refractivity contribution in [1.82, 2.24) is 9.36 Å². The molecule has 0 N–H and O–H groups in total. The summed E-state index contributed by atoms with van der Waals surface area (Å²) >= 11 is 2.95. The van der Waals surface area contributed by atoms with E-state index in [4.69, 9.17) is 0 Å². The van der Waals surface area contributed by atoms with E-state index in [1.807, 2.05) is 19.9 Å². The second-order valence-electron chi connectivity index (χ2n) is 2.99. The van der Waals surface area contributed by atoms with Gasteiger partial charge in [0.05, 0.1) is 7.11 Å². The maximum atomic E-state index is 11.3. The van der Waals surface area contributed by atoms with Crippen molar-refractivity contribution in [3.63, 3.8) is 0 Å². The van der Waals surface area contributed by atoms with Gasteiger partial charge in [0.15, 0.2) is 4.34 Å². The molecule has 0 bridgehead atoms. The van der Waals surface area contributed by atoms with E-state index in [0.717, 1.165) is 10.2 Å². The summed E-state index contributed by atoms with van der Waals surface area (Å²) in [5.74, 6) is 1.25. The number of thioether (sulfide) groups is 1. The minimum atomic E-state index is -0.253. The number of aryl methyl sites for hydroxylation is 1. The van der Waals surface area contributed by atoms with Crippen LogP contribution in [-0.2, 0) is 9.53 Å². The third-order valence-electron chi connectivity index (χ3n) is 1.87. The smallest absolute Gasteiger partial charge is 0.333 e. The van der Waals surface area contributed by atoms with E-state index in [-0.39, 0.29) is 5.97 Å². The first kappa shape index (κ1) is 13.2. The lowest BCUT2D eigenvalue weighted by Gasteiger charge is -2.00. The number of carbonyl (C=O) groups excluding carboxylic acids is 1. The number of ether oxygens (including phenoxy) is 1. The second kappa shape index (κ2) is 6.65. The molecule has 16 heavy (non-hydrogen) atoms. The van der Waals surface area contributed by atoms with E-state index in [9.17, 15) is 4.79 Å². The zero-order valence-electron chi connectivity index (χ0n) is 9.52. The first-order chi connectivity index (χ1) is 7.67. The molecule has 1 aromatic heterocycles. The summed E-state index contributed by atoms with van der Waals surface area (Å²) < 4.78 is 9.68. The molecular weight excluding hydrogens is 244 g/mol. The van der Waals surface area contributed by atoms with E-state index in [2.05, 4.69) is 14.1 Å². The number of nitrogens with zero attached hydrogens (tertiary/aromatic N) is 2. The molecular formula is C10H14N2O2S2. The van der Waals surface area contributed by atoms with Crippen molar-refractivity contribution >= 4 is 29.3 Å². The molecule has 0 saturated heterocycles. The van der Waals surface area contributed by atoms with Gasteiger partial charge in [-0.25, -0.2) is 9.78 Å². The van der Waals surface area contributed by atoms with Crippen LogP contribution in [-0.4, -0.2) is 28.2 Å². The average Bonchev–Trinajstić information content (AvgIpc) is 2.69. The second-order valence-corrected chi connectivity index (χ2v) is 5.01. The summed E-state index contributed by atoms with van der Waals surface area (Å²) in [6, 6.07) is 0. The zero-order valence-corrected chi connectivity index (χ0v) is 11.2. The molecule has 0 aromatic carbocycles. The van der Waals surface area contributed by atoms with Crippen molar-refractivity contribution in [2.45, 2.75) is 24.6 Å². The standard InChI is InChI=1S/C10H14N2O2S2/c1-4-8(9(13)14-3)5-6-15-10-11-7(2)12-16-10/h5H,4,6H2,1-3H3. The molecule has 0 unspecified atom stereocenters. The highest BCUT2D eigenvalue weighted by atomic mass is 32.2. The zero-order chi connectivity index (χ0) is 12.0. The van der Waals surface area contributed by atoms with E-state index in [1.54, 1.807) is 11.8 Å². The highest BCUT2D eigenvalue weighted by Gasteiger charge is 2.06. The number of hydrogen-bond acceptors (Lipinski definition) is 6. The van der Waals surface area contributed by atoms with Gasteiger partial charge in [0.25, 0.3) is 0 Å². The fourth-order valence-electron chi connectivity index (χ4n) is 1.05. The molecule has 1 rings (SSSR count). The van der Waals surface area contributed by atoms with E-state index < -0.39 is 0 Å². The van der Waals surface area contributed by atoms with Gasteiger partial charge in [0, 0.05) is 11.3 Å². The third-order valence-corrected chi connectivity index (χ3v) is 3.73. The number of methoxy groups -OCH3 is 1. The highest BCUT2D eigenvalue weighted by molar-refractivity contribution is 8.01. The van der Waals surface area contributed by atoms with Crippen molar-refractivity contribution in [1.29, 1.82) is 0 Å². The summed E-state index contributed by atoms with van der Waals surface area (Å²) in [5.41, 5.74) is 0.705. The number of rotatable bonds is 5. The Bertz CT molecular complexity index is 388. The lowest BCUT2D eigenvalue weighted by molar-refractivity contribution is -0.136. The van der Waals surface area contributed by atoms with Crippen LogP contribution in [0.3, 0.4) is 0 Å². The maximum absolute atomic E-state index is 11.3. The molecule has 88 valence electrons. The van der Waals surface area contributed by atoms with E-state index in [1.165, 1.54) is 18.6 Å². The Morgan fingerprint density at radius 3 is 2.88 bits per heavy atom. The molecule has 0 aliphatic heterocycles. The fraction of sp³-hybridized carbons (Fsp3) is 0.500. The Labute approximate surface area is 103 Å². The minimum absolute atomic E-state index is 0.253. The summed E-state index contributed by atoms with van der Waals surface area (Å²) in [5, 5.41) is 0. The Kier molecular flexibility index (Phi) is 5.48. The van der Waals surface area contributed by atoms with Crippen molar-refractivity contribution < 1.29 is 9.53 Å². The SMILES string of the molecule is CCC(=CCSc1nc(C)ns1)C(=O)OC. The topological polar surface area (TPSA) is 52.1 Å². The Morgan fingerprint density at radius 2 is 2.38 bits per heavy atom. The Hall–Kier alpha value is -0.880. The molecule has 0 saturated carbocycles. The lowest BCUT2D eigenvalue weighted by atomic mass is 10.2. The van der Waals surface area contributed by atoms with Crippen LogP contribution in [0.25, 0.3) is 0 Å². The predicted octanol–water partition coefficient (Wildman–Crippen LogP) is 2.45. The molecule has 0 amide bonds. The van der Waals surface area contributed by atoms with Gasteiger partial charge in [-0.15, -0.1) is 0 Å². The van der Waals surface area contributed by atoms with Crippen molar-refractivity contribution in [3.05, 3.63) is 17.5 Å². The van der Waals surface area contributed by atoms with Crippen molar-refractivity contribution in [2.75, 3.05) is 12.9 Å².